The minimum Gasteiger partial charge on any atom is -0.365 e. The summed E-state index contributed by atoms with van der Waals surface area (Å²) in [5, 5.41) is 5.90. The van der Waals surface area contributed by atoms with Crippen LogP contribution < -0.4 is 10.6 Å². The maximum atomic E-state index is 12.9. The standard InChI is InChI=1S/C20H19FN4O/c1-14-2-4-15(5-3-14)11-25-20(26)18-12-24-19(13-22-18)23-10-16-6-8-17(21)9-7-16/h2-9,12-13H,10-11H2,1H3,(H,23,24)(H,25,26). The Morgan fingerprint density at radius 2 is 1.58 bits per heavy atom. The van der Waals surface area contributed by atoms with Crippen molar-refractivity contribution in [2.24, 2.45) is 0 Å². The number of hydrogen-bond acceptors (Lipinski definition) is 4. The Labute approximate surface area is 151 Å². The van der Waals surface area contributed by atoms with Gasteiger partial charge >= 0.3 is 0 Å². The Kier molecular flexibility index (Phi) is 5.53. The molecule has 0 saturated heterocycles. The van der Waals surface area contributed by atoms with Gasteiger partial charge in [0, 0.05) is 13.1 Å². The normalized spacial score (nSPS) is 10.4. The Balaban J connectivity index is 1.52. The van der Waals surface area contributed by atoms with E-state index in [-0.39, 0.29) is 17.4 Å². The Morgan fingerprint density at radius 1 is 0.923 bits per heavy atom. The van der Waals surface area contributed by atoms with E-state index in [1.165, 1.54) is 30.1 Å². The lowest BCUT2D eigenvalue weighted by atomic mass is 10.1. The number of rotatable bonds is 6. The molecule has 5 nitrogen and oxygen atoms in total. The summed E-state index contributed by atoms with van der Waals surface area (Å²) in [5.41, 5.74) is 3.38. The van der Waals surface area contributed by atoms with Crippen LogP contribution in [-0.2, 0) is 13.1 Å². The first kappa shape index (κ1) is 17.5. The SMILES string of the molecule is Cc1ccc(CNC(=O)c2cnc(NCc3ccc(F)cc3)cn2)cc1. The molecule has 0 aliphatic heterocycles. The molecule has 0 fully saturated rings. The van der Waals surface area contributed by atoms with Gasteiger partial charge in [0.1, 0.15) is 17.3 Å². The molecule has 1 heterocycles. The number of aromatic nitrogens is 2. The van der Waals surface area contributed by atoms with Crippen LogP contribution in [0.25, 0.3) is 0 Å². The van der Waals surface area contributed by atoms with Crippen molar-refractivity contribution in [1.82, 2.24) is 15.3 Å². The predicted octanol–water partition coefficient (Wildman–Crippen LogP) is 3.47. The molecule has 0 radical (unpaired) electrons. The van der Waals surface area contributed by atoms with Gasteiger partial charge in [-0.05, 0) is 30.2 Å². The molecular formula is C20H19FN4O. The molecule has 3 rings (SSSR count). The van der Waals surface area contributed by atoms with Crippen molar-refractivity contribution in [1.29, 1.82) is 0 Å². The quantitative estimate of drug-likeness (QED) is 0.714. The topological polar surface area (TPSA) is 66.9 Å². The van der Waals surface area contributed by atoms with E-state index in [4.69, 9.17) is 0 Å². The molecule has 0 unspecified atom stereocenters. The van der Waals surface area contributed by atoms with Crippen LogP contribution in [0.15, 0.2) is 60.9 Å². The zero-order valence-corrected chi connectivity index (χ0v) is 14.4. The maximum Gasteiger partial charge on any atom is 0.271 e. The molecule has 26 heavy (non-hydrogen) atoms. The van der Waals surface area contributed by atoms with Gasteiger partial charge in [-0.25, -0.2) is 14.4 Å². The van der Waals surface area contributed by atoms with E-state index in [0.29, 0.717) is 18.9 Å². The Bertz CT molecular complexity index is 862. The molecular weight excluding hydrogens is 331 g/mol. The second-order valence-corrected chi connectivity index (χ2v) is 5.94. The fourth-order valence-corrected chi connectivity index (χ4v) is 2.31. The van der Waals surface area contributed by atoms with Crippen molar-refractivity contribution >= 4 is 11.7 Å². The number of benzene rings is 2. The minimum atomic E-state index is -0.275. The molecule has 1 aromatic heterocycles. The van der Waals surface area contributed by atoms with Gasteiger partial charge in [-0.15, -0.1) is 0 Å². The van der Waals surface area contributed by atoms with Gasteiger partial charge in [-0.2, -0.15) is 0 Å². The van der Waals surface area contributed by atoms with E-state index in [1.54, 1.807) is 12.1 Å². The van der Waals surface area contributed by atoms with Crippen LogP contribution in [0.1, 0.15) is 27.2 Å². The van der Waals surface area contributed by atoms with Crippen molar-refractivity contribution < 1.29 is 9.18 Å². The second kappa shape index (κ2) is 8.20. The van der Waals surface area contributed by atoms with Crippen LogP contribution in [0.4, 0.5) is 10.2 Å². The first-order valence-corrected chi connectivity index (χ1v) is 8.24. The first-order chi connectivity index (χ1) is 12.6. The number of hydrogen-bond donors (Lipinski definition) is 2. The number of nitrogens with zero attached hydrogens (tertiary/aromatic N) is 2. The van der Waals surface area contributed by atoms with Gasteiger partial charge in [-0.3, -0.25) is 4.79 Å². The van der Waals surface area contributed by atoms with E-state index in [2.05, 4.69) is 20.6 Å². The number of anilines is 1. The summed E-state index contributed by atoms with van der Waals surface area (Å²) in [6.07, 6.45) is 2.93. The average molecular weight is 350 g/mol. The number of amides is 1. The summed E-state index contributed by atoms with van der Waals surface area (Å²) in [7, 11) is 0. The summed E-state index contributed by atoms with van der Waals surface area (Å²) < 4.78 is 12.9. The van der Waals surface area contributed by atoms with Crippen LogP contribution in [-0.4, -0.2) is 15.9 Å². The van der Waals surface area contributed by atoms with Gasteiger partial charge in [0.2, 0.25) is 0 Å². The summed E-state index contributed by atoms with van der Waals surface area (Å²) in [5.74, 6) is 0.00196. The van der Waals surface area contributed by atoms with Crippen molar-refractivity contribution in [3.05, 3.63) is 89.1 Å². The van der Waals surface area contributed by atoms with Gasteiger partial charge in [0.15, 0.2) is 0 Å². The maximum absolute atomic E-state index is 12.9. The van der Waals surface area contributed by atoms with Gasteiger partial charge < -0.3 is 10.6 Å². The second-order valence-electron chi connectivity index (χ2n) is 5.94. The molecule has 0 atom stereocenters. The van der Waals surface area contributed by atoms with E-state index < -0.39 is 0 Å². The summed E-state index contributed by atoms with van der Waals surface area (Å²) in [6, 6.07) is 14.2. The van der Waals surface area contributed by atoms with Crippen molar-refractivity contribution in [3.63, 3.8) is 0 Å². The molecule has 6 heteroatoms. The third-order valence-corrected chi connectivity index (χ3v) is 3.85. The van der Waals surface area contributed by atoms with Crippen molar-refractivity contribution in [3.8, 4) is 0 Å². The lowest BCUT2D eigenvalue weighted by Crippen LogP contribution is -2.24. The Morgan fingerprint density at radius 3 is 2.23 bits per heavy atom. The van der Waals surface area contributed by atoms with E-state index in [9.17, 15) is 9.18 Å². The van der Waals surface area contributed by atoms with Crippen LogP contribution in [0.5, 0.6) is 0 Å². The largest absolute Gasteiger partial charge is 0.365 e. The third-order valence-electron chi connectivity index (χ3n) is 3.85. The van der Waals surface area contributed by atoms with Crippen LogP contribution in [0.3, 0.4) is 0 Å². The van der Waals surface area contributed by atoms with E-state index >= 15 is 0 Å². The molecule has 1 amide bonds. The average Bonchev–Trinajstić information content (AvgIpc) is 2.67. The molecule has 2 N–H and O–H groups in total. The van der Waals surface area contributed by atoms with Crippen LogP contribution in [0, 0.1) is 12.7 Å². The summed E-state index contributed by atoms with van der Waals surface area (Å²) in [4.78, 5) is 20.5. The molecule has 0 aliphatic carbocycles. The first-order valence-electron chi connectivity index (χ1n) is 8.24. The number of halogens is 1. The fourth-order valence-electron chi connectivity index (χ4n) is 2.31. The monoisotopic (exact) mass is 350 g/mol. The molecule has 3 aromatic rings. The molecule has 0 spiro atoms. The lowest BCUT2D eigenvalue weighted by Gasteiger charge is -2.07. The predicted molar refractivity (Wildman–Crippen MR) is 98.1 cm³/mol. The number of carbonyl (C=O) groups is 1. The van der Waals surface area contributed by atoms with E-state index in [0.717, 1.165) is 11.1 Å². The molecule has 0 aliphatic rings. The van der Waals surface area contributed by atoms with Gasteiger partial charge in [-0.1, -0.05) is 42.0 Å². The Hall–Kier alpha value is -3.28. The lowest BCUT2D eigenvalue weighted by molar-refractivity contribution is 0.0945. The fraction of sp³-hybridized carbons (Fsp3) is 0.150. The molecule has 0 bridgehead atoms. The zero-order valence-electron chi connectivity index (χ0n) is 14.4. The van der Waals surface area contributed by atoms with Crippen molar-refractivity contribution in [2.45, 2.75) is 20.0 Å². The number of carbonyl (C=O) groups excluding carboxylic acids is 1. The smallest absolute Gasteiger partial charge is 0.271 e. The minimum absolute atomic E-state index is 0.254. The highest BCUT2D eigenvalue weighted by Crippen LogP contribution is 2.07. The molecule has 2 aromatic carbocycles. The van der Waals surface area contributed by atoms with Crippen LogP contribution >= 0.6 is 0 Å². The molecule has 0 saturated carbocycles. The van der Waals surface area contributed by atoms with Gasteiger partial charge in [0.05, 0.1) is 12.4 Å². The number of aryl methyl sites for hydroxylation is 1. The van der Waals surface area contributed by atoms with Gasteiger partial charge in [0.25, 0.3) is 5.91 Å². The zero-order chi connectivity index (χ0) is 18.4. The summed E-state index contributed by atoms with van der Waals surface area (Å²) >= 11 is 0. The number of nitrogens with one attached hydrogen (secondary N) is 2. The third kappa shape index (κ3) is 4.86. The molecule has 132 valence electrons. The van der Waals surface area contributed by atoms with Crippen LogP contribution in [0.2, 0.25) is 0 Å². The van der Waals surface area contributed by atoms with E-state index in [1.807, 2.05) is 31.2 Å². The van der Waals surface area contributed by atoms with Crippen molar-refractivity contribution in [2.75, 3.05) is 5.32 Å². The highest BCUT2D eigenvalue weighted by molar-refractivity contribution is 5.91. The highest BCUT2D eigenvalue weighted by Gasteiger charge is 2.08. The summed E-state index contributed by atoms with van der Waals surface area (Å²) in [6.45, 7) is 2.95. The highest BCUT2D eigenvalue weighted by atomic mass is 19.1.